The number of hydrogen-bond acceptors (Lipinski definition) is 3. The molecule has 60 valence electrons. The quantitative estimate of drug-likeness (QED) is 0.478. The van der Waals surface area contributed by atoms with Gasteiger partial charge in [0.1, 0.15) is 13.0 Å². The molecule has 0 atom stereocenters. The Morgan fingerprint density at radius 3 is 2.30 bits per heavy atom. The standard InChI is InChI=1S/C3H7O6P/c4-3(5)1-9-2-10(6,7)8/h1-2H2,(H,4,5)(H2,6,7,8). The fraction of sp³-hybridized carbons (Fsp3) is 0.667. The summed E-state index contributed by atoms with van der Waals surface area (Å²) in [6, 6.07) is 0. The number of aliphatic carboxylic acids is 1. The average Bonchev–Trinajstić information content (AvgIpc) is 1.59. The Kier molecular flexibility index (Phi) is 3.52. The van der Waals surface area contributed by atoms with E-state index in [-0.39, 0.29) is 0 Å². The van der Waals surface area contributed by atoms with Gasteiger partial charge in [-0.3, -0.25) is 4.57 Å². The first-order valence-corrected chi connectivity index (χ1v) is 4.06. The molecule has 0 aliphatic rings. The smallest absolute Gasteiger partial charge is 0.351 e. The summed E-state index contributed by atoms with van der Waals surface area (Å²) < 4.78 is 14.1. The number of carboxylic acids is 1. The van der Waals surface area contributed by atoms with E-state index in [1.807, 2.05) is 0 Å². The summed E-state index contributed by atoms with van der Waals surface area (Å²) in [5.41, 5.74) is 0. The molecule has 0 unspecified atom stereocenters. The monoisotopic (exact) mass is 170 g/mol. The van der Waals surface area contributed by atoms with Gasteiger partial charge in [-0.05, 0) is 0 Å². The second-order valence-corrected chi connectivity index (χ2v) is 3.12. The summed E-state index contributed by atoms with van der Waals surface area (Å²) in [5, 5.41) is 7.93. The molecule has 0 aromatic heterocycles. The van der Waals surface area contributed by atoms with Crippen LogP contribution in [0, 0.1) is 0 Å². The van der Waals surface area contributed by atoms with Gasteiger partial charge in [0, 0.05) is 0 Å². The fourth-order valence-electron chi connectivity index (χ4n) is 0.252. The largest absolute Gasteiger partial charge is 0.480 e. The second-order valence-electron chi connectivity index (χ2n) is 1.54. The molecule has 0 saturated carbocycles. The summed E-state index contributed by atoms with van der Waals surface area (Å²) >= 11 is 0. The Balaban J connectivity index is 3.39. The predicted molar refractivity (Wildman–Crippen MR) is 30.5 cm³/mol. The molecule has 7 heteroatoms. The summed E-state index contributed by atoms with van der Waals surface area (Å²) in [5.74, 6) is -1.26. The number of hydrogen-bond donors (Lipinski definition) is 3. The zero-order valence-corrected chi connectivity index (χ0v) is 5.82. The number of ether oxygens (including phenoxy) is 1. The van der Waals surface area contributed by atoms with Crippen molar-refractivity contribution in [2.45, 2.75) is 0 Å². The highest BCUT2D eigenvalue weighted by atomic mass is 31.2. The number of carboxylic acid groups (broad SMARTS) is 1. The van der Waals surface area contributed by atoms with Crippen molar-refractivity contribution in [3.8, 4) is 0 Å². The predicted octanol–water partition coefficient (Wildman–Crippen LogP) is -0.777. The van der Waals surface area contributed by atoms with Gasteiger partial charge in [-0.15, -0.1) is 0 Å². The molecule has 0 rings (SSSR count). The van der Waals surface area contributed by atoms with Gasteiger partial charge in [0.25, 0.3) is 0 Å². The molecule has 0 aromatic rings. The SMILES string of the molecule is O=C(O)COCP(=O)(O)O. The Morgan fingerprint density at radius 1 is 1.50 bits per heavy atom. The molecule has 0 spiro atoms. The third kappa shape index (κ3) is 7.58. The third-order valence-corrected chi connectivity index (χ3v) is 1.00. The van der Waals surface area contributed by atoms with Crippen molar-refractivity contribution in [2.75, 3.05) is 13.0 Å². The molecule has 0 aromatic carbocycles. The van der Waals surface area contributed by atoms with Gasteiger partial charge in [-0.1, -0.05) is 0 Å². The molecule has 3 N–H and O–H groups in total. The van der Waals surface area contributed by atoms with Crippen LogP contribution in [0.5, 0.6) is 0 Å². The fourth-order valence-corrected chi connectivity index (χ4v) is 0.581. The van der Waals surface area contributed by atoms with Gasteiger partial charge in [0.15, 0.2) is 0 Å². The van der Waals surface area contributed by atoms with Gasteiger partial charge in [0.05, 0.1) is 0 Å². The van der Waals surface area contributed by atoms with Crippen LogP contribution in [0.15, 0.2) is 0 Å². The van der Waals surface area contributed by atoms with E-state index in [0.29, 0.717) is 0 Å². The molecule has 0 radical (unpaired) electrons. The van der Waals surface area contributed by atoms with E-state index in [2.05, 4.69) is 4.74 Å². The van der Waals surface area contributed by atoms with Gasteiger partial charge in [-0.25, -0.2) is 4.79 Å². The van der Waals surface area contributed by atoms with E-state index in [1.54, 1.807) is 0 Å². The van der Waals surface area contributed by atoms with E-state index in [4.69, 9.17) is 14.9 Å². The van der Waals surface area contributed by atoms with Crippen LogP contribution in [0.4, 0.5) is 0 Å². The molecule has 0 amide bonds. The maximum absolute atomic E-state index is 9.99. The lowest BCUT2D eigenvalue weighted by Crippen LogP contribution is -2.07. The summed E-state index contributed by atoms with van der Waals surface area (Å²) in [6.07, 6.45) is -0.848. The van der Waals surface area contributed by atoms with E-state index in [9.17, 15) is 9.36 Å². The highest BCUT2D eigenvalue weighted by Gasteiger charge is 2.13. The Bertz CT molecular complexity index is 158. The molecule has 10 heavy (non-hydrogen) atoms. The molecule has 0 heterocycles. The van der Waals surface area contributed by atoms with Crippen LogP contribution < -0.4 is 0 Å². The van der Waals surface area contributed by atoms with Crippen LogP contribution in [0.3, 0.4) is 0 Å². The maximum atomic E-state index is 9.99. The summed E-state index contributed by atoms with van der Waals surface area (Å²) in [7, 11) is -4.21. The van der Waals surface area contributed by atoms with Crippen molar-refractivity contribution in [1.29, 1.82) is 0 Å². The summed E-state index contributed by atoms with van der Waals surface area (Å²) in [4.78, 5) is 26.0. The first-order chi connectivity index (χ1) is 4.42. The lowest BCUT2D eigenvalue weighted by Gasteiger charge is -2.01. The highest BCUT2D eigenvalue weighted by molar-refractivity contribution is 7.51. The van der Waals surface area contributed by atoms with Crippen LogP contribution >= 0.6 is 7.60 Å². The summed E-state index contributed by atoms with van der Waals surface area (Å²) in [6.45, 7) is -0.689. The van der Waals surface area contributed by atoms with Gasteiger partial charge in [-0.2, -0.15) is 0 Å². The van der Waals surface area contributed by atoms with E-state index in [1.165, 1.54) is 0 Å². The van der Waals surface area contributed by atoms with Crippen molar-refractivity contribution in [1.82, 2.24) is 0 Å². The second kappa shape index (κ2) is 3.68. The number of carbonyl (C=O) groups is 1. The zero-order valence-electron chi connectivity index (χ0n) is 4.93. The molecule has 6 nitrogen and oxygen atoms in total. The van der Waals surface area contributed by atoms with Crippen molar-refractivity contribution in [3.05, 3.63) is 0 Å². The topological polar surface area (TPSA) is 104 Å². The molecule has 0 bridgehead atoms. The van der Waals surface area contributed by atoms with E-state index >= 15 is 0 Å². The van der Waals surface area contributed by atoms with Crippen LogP contribution in [0.1, 0.15) is 0 Å². The molecule has 0 fully saturated rings. The highest BCUT2D eigenvalue weighted by Crippen LogP contribution is 2.33. The molecular formula is C3H7O6P. The van der Waals surface area contributed by atoms with Gasteiger partial charge >= 0.3 is 13.6 Å². The Labute approximate surface area is 56.6 Å². The van der Waals surface area contributed by atoms with Crippen molar-refractivity contribution >= 4 is 13.6 Å². The van der Waals surface area contributed by atoms with Crippen molar-refractivity contribution < 1.29 is 29.0 Å². The third-order valence-electron chi connectivity index (χ3n) is 0.485. The molecular weight excluding hydrogens is 163 g/mol. The minimum Gasteiger partial charge on any atom is -0.480 e. The van der Waals surface area contributed by atoms with Crippen LogP contribution in [-0.2, 0) is 14.1 Å². The molecule has 0 saturated heterocycles. The minimum atomic E-state index is -4.21. The first kappa shape index (κ1) is 9.58. The lowest BCUT2D eigenvalue weighted by atomic mass is 10.8. The van der Waals surface area contributed by atoms with Crippen molar-refractivity contribution in [3.63, 3.8) is 0 Å². The van der Waals surface area contributed by atoms with Crippen LogP contribution in [0.2, 0.25) is 0 Å². The van der Waals surface area contributed by atoms with E-state index in [0.717, 1.165) is 0 Å². The zero-order chi connectivity index (χ0) is 8.20. The van der Waals surface area contributed by atoms with Gasteiger partial charge < -0.3 is 19.6 Å². The van der Waals surface area contributed by atoms with Gasteiger partial charge in [0.2, 0.25) is 0 Å². The Hall–Kier alpha value is -0.420. The van der Waals surface area contributed by atoms with Crippen LogP contribution in [0.25, 0.3) is 0 Å². The van der Waals surface area contributed by atoms with E-state index < -0.39 is 26.5 Å². The van der Waals surface area contributed by atoms with Crippen molar-refractivity contribution in [2.24, 2.45) is 0 Å². The Morgan fingerprint density at radius 2 is 2.00 bits per heavy atom. The molecule has 0 aliphatic carbocycles. The van der Waals surface area contributed by atoms with Crippen LogP contribution in [-0.4, -0.2) is 33.8 Å². The normalized spacial score (nSPS) is 11.4. The maximum Gasteiger partial charge on any atom is 0.351 e. The lowest BCUT2D eigenvalue weighted by molar-refractivity contribution is -0.141. The first-order valence-electron chi connectivity index (χ1n) is 2.26. The number of rotatable bonds is 4. The minimum absolute atomic E-state index is 0.689. The average molecular weight is 170 g/mol. The molecule has 0 aliphatic heterocycles.